The summed E-state index contributed by atoms with van der Waals surface area (Å²) in [5, 5.41) is 0. The van der Waals surface area contributed by atoms with Gasteiger partial charge in [-0.1, -0.05) is 70.7 Å². The molecular weight excluding hydrogens is 780 g/mol. The molecule has 0 saturated carbocycles. The zero-order valence-corrected chi connectivity index (χ0v) is 40.2. The Morgan fingerprint density at radius 2 is 0.548 bits per heavy atom. The summed E-state index contributed by atoms with van der Waals surface area (Å²) < 4.78 is 2.43. The summed E-state index contributed by atoms with van der Waals surface area (Å²) in [7, 11) is 0. The fourth-order valence-corrected chi connectivity index (χ4v) is 4.71. The van der Waals surface area contributed by atoms with Gasteiger partial charge in [-0.2, -0.15) is 0 Å². The van der Waals surface area contributed by atoms with Crippen LogP contribution in [-0.4, -0.2) is 89.2 Å². The van der Waals surface area contributed by atoms with Crippen LogP contribution in [0.25, 0.3) is 0 Å². The van der Waals surface area contributed by atoms with Crippen LogP contribution >= 0.6 is 48.9 Å². The predicted octanol–water partition coefficient (Wildman–Crippen LogP) is 7.76. The molecule has 0 aliphatic heterocycles. The molecule has 0 amide bonds. The topological polar surface area (TPSA) is 13.0 Å². The van der Waals surface area contributed by atoms with E-state index in [1.54, 1.807) is 0 Å². The van der Waals surface area contributed by atoms with Gasteiger partial charge in [0.1, 0.15) is 0 Å². The minimum Gasteiger partial charge on any atom is -0.411 e. The summed E-state index contributed by atoms with van der Waals surface area (Å²) in [6, 6.07) is 0. The Morgan fingerprint density at radius 1 is 0.381 bits per heavy atom. The molecule has 0 N–H and O–H groups in total. The van der Waals surface area contributed by atoms with E-state index in [4.69, 9.17) is 99.4 Å². The van der Waals surface area contributed by atoms with Gasteiger partial charge in [-0.25, -0.2) is 0 Å². The van der Waals surface area contributed by atoms with Crippen LogP contribution in [0.1, 0.15) is 107 Å². The average molecular weight is 836 g/mol. The van der Waals surface area contributed by atoms with Crippen LogP contribution in [0.15, 0.2) is 0 Å². The van der Waals surface area contributed by atoms with Gasteiger partial charge in [-0.05, 0) is 53.4 Å². The second-order valence-electron chi connectivity index (χ2n) is 8.80. The Balaban J connectivity index is -0.000000103. The molecular formula is C28H56N4S8Zn2. The maximum Gasteiger partial charge on any atom is 2.00 e. The number of thiocarbonyl (C=S) groups is 4. The SMILES string of the molecule is CCCCN(CCCC)C(=S)[S-].CCCCN(CCCC)C(=S)[S-].CCN(CC)C(=S)[S-].CCN(CC)C(=S)[S-].[Zn+2].[Zn+2]. The minimum absolute atomic E-state index is 0. The van der Waals surface area contributed by atoms with Crippen molar-refractivity contribution >= 4 is 117 Å². The third-order valence-corrected chi connectivity index (χ3v) is 7.75. The van der Waals surface area contributed by atoms with Crippen molar-refractivity contribution in [3.8, 4) is 0 Å². The van der Waals surface area contributed by atoms with Crippen LogP contribution in [0.2, 0.25) is 0 Å². The first-order valence-corrected chi connectivity index (χ1v) is 18.0. The summed E-state index contributed by atoms with van der Waals surface area (Å²) in [6.45, 7) is 24.8. The van der Waals surface area contributed by atoms with Crippen LogP contribution < -0.4 is 0 Å². The fraction of sp³-hybridized carbons (Fsp3) is 0.857. The van der Waals surface area contributed by atoms with Crippen LogP contribution in [0.4, 0.5) is 0 Å². The molecule has 0 radical (unpaired) electrons. The van der Waals surface area contributed by atoms with Crippen LogP contribution in [0.3, 0.4) is 0 Å². The minimum atomic E-state index is 0. The van der Waals surface area contributed by atoms with Gasteiger partial charge in [0.2, 0.25) is 0 Å². The van der Waals surface area contributed by atoms with E-state index in [1.165, 1.54) is 51.4 Å². The molecule has 0 aromatic rings. The van der Waals surface area contributed by atoms with E-state index in [1.807, 2.05) is 37.5 Å². The van der Waals surface area contributed by atoms with E-state index >= 15 is 0 Å². The van der Waals surface area contributed by atoms with Gasteiger partial charge < -0.3 is 119 Å². The van der Waals surface area contributed by atoms with Crippen molar-refractivity contribution in [3.05, 3.63) is 0 Å². The largest absolute Gasteiger partial charge is 2.00 e. The maximum atomic E-state index is 4.98. The van der Waals surface area contributed by atoms with Gasteiger partial charge in [0.05, 0.1) is 0 Å². The van der Waals surface area contributed by atoms with E-state index in [-0.39, 0.29) is 39.0 Å². The zero-order valence-electron chi connectivity index (χ0n) is 27.8. The quantitative estimate of drug-likeness (QED) is 0.0859. The van der Waals surface area contributed by atoms with Crippen LogP contribution in [0.5, 0.6) is 0 Å². The molecule has 240 valence electrons. The van der Waals surface area contributed by atoms with E-state index in [0.29, 0.717) is 17.3 Å². The summed E-state index contributed by atoms with van der Waals surface area (Å²) in [4.78, 5) is 8.20. The molecule has 0 atom stereocenters. The van der Waals surface area contributed by atoms with Gasteiger partial charge in [-0.3, -0.25) is 0 Å². The summed E-state index contributed by atoms with van der Waals surface area (Å²) in [5.41, 5.74) is 0. The number of rotatable bonds is 16. The second kappa shape index (κ2) is 42.7. The molecule has 42 heavy (non-hydrogen) atoms. The molecule has 0 bridgehead atoms. The monoisotopic (exact) mass is 832 g/mol. The van der Waals surface area contributed by atoms with Crippen LogP contribution in [-0.2, 0) is 89.5 Å². The van der Waals surface area contributed by atoms with Crippen molar-refractivity contribution in [2.75, 3.05) is 52.4 Å². The van der Waals surface area contributed by atoms with Gasteiger partial charge in [-0.15, -0.1) is 0 Å². The van der Waals surface area contributed by atoms with Gasteiger partial charge in [0.25, 0.3) is 0 Å². The molecule has 0 aromatic heterocycles. The molecule has 4 nitrogen and oxygen atoms in total. The molecule has 14 heteroatoms. The fourth-order valence-electron chi connectivity index (χ4n) is 2.95. The summed E-state index contributed by atoms with van der Waals surface area (Å²) in [5.74, 6) is 0. The van der Waals surface area contributed by atoms with Crippen molar-refractivity contribution in [2.45, 2.75) is 107 Å². The number of hydrogen-bond donors (Lipinski definition) is 0. The predicted molar refractivity (Wildman–Crippen MR) is 208 cm³/mol. The Labute approximate surface area is 330 Å². The Hall–Kier alpha value is 1.69. The normalized spacial score (nSPS) is 8.95. The summed E-state index contributed by atoms with van der Waals surface area (Å²) >= 11 is 39.0. The van der Waals surface area contributed by atoms with Crippen molar-refractivity contribution in [3.63, 3.8) is 0 Å². The van der Waals surface area contributed by atoms with Crippen molar-refractivity contribution in [1.82, 2.24) is 19.6 Å². The molecule has 0 aromatic carbocycles. The number of nitrogens with zero attached hydrogens (tertiary/aromatic N) is 4. The smallest absolute Gasteiger partial charge is 0.411 e. The summed E-state index contributed by atoms with van der Waals surface area (Å²) in [6.07, 6.45) is 9.62. The van der Waals surface area contributed by atoms with Crippen molar-refractivity contribution < 1.29 is 39.0 Å². The number of hydrogen-bond acceptors (Lipinski definition) is 8. The third kappa shape index (κ3) is 39.7. The molecule has 0 aliphatic carbocycles. The molecule has 0 fully saturated rings. The second-order valence-corrected chi connectivity index (χ2v) is 12.9. The Bertz CT molecular complexity index is 559. The van der Waals surface area contributed by atoms with E-state index in [9.17, 15) is 0 Å². The zero-order chi connectivity index (χ0) is 31.9. The van der Waals surface area contributed by atoms with Crippen molar-refractivity contribution in [2.24, 2.45) is 0 Å². The van der Waals surface area contributed by atoms with E-state index in [0.717, 1.165) is 52.4 Å². The van der Waals surface area contributed by atoms with Gasteiger partial charge in [0.15, 0.2) is 0 Å². The van der Waals surface area contributed by atoms with Gasteiger partial charge >= 0.3 is 39.0 Å². The van der Waals surface area contributed by atoms with Crippen LogP contribution in [0, 0.1) is 0 Å². The molecule has 0 heterocycles. The first-order valence-electron chi connectivity index (χ1n) is 14.7. The molecule has 0 unspecified atom stereocenters. The molecule has 0 rings (SSSR count). The average Bonchev–Trinajstić information content (AvgIpc) is 2.90. The van der Waals surface area contributed by atoms with Crippen molar-refractivity contribution in [1.29, 1.82) is 0 Å². The Morgan fingerprint density at radius 3 is 0.619 bits per heavy atom. The molecule has 0 saturated heterocycles. The first kappa shape index (κ1) is 56.0. The standard InChI is InChI=1S/2C9H19NS2.2C5H11NS2.2Zn/c2*1-3-5-7-10(9(11)12)8-6-4-2;2*1-3-6(4-2)5(7)8;;/h2*3-8H2,1-2H3,(H,11,12);2*3-4H2,1-2H3,(H,7,8);;/q;;;;2*+2/p-4. The maximum absolute atomic E-state index is 4.98. The van der Waals surface area contributed by atoms with Gasteiger partial charge in [0, 0.05) is 52.4 Å². The van der Waals surface area contributed by atoms with E-state index < -0.39 is 0 Å². The van der Waals surface area contributed by atoms with E-state index in [2.05, 4.69) is 37.5 Å². The first-order chi connectivity index (χ1) is 18.9. The molecule has 0 aliphatic rings. The Kier molecular flexibility index (Phi) is 57.0. The molecule has 0 spiro atoms. The third-order valence-electron chi connectivity index (χ3n) is 5.69. The number of unbranched alkanes of at least 4 members (excludes halogenated alkanes) is 4.